The molecule has 26 heavy (non-hydrogen) atoms. The zero-order chi connectivity index (χ0) is 18.8. The van der Waals surface area contributed by atoms with Gasteiger partial charge in [0.05, 0.1) is 30.4 Å². The Morgan fingerprint density at radius 2 is 1.85 bits per heavy atom. The van der Waals surface area contributed by atoms with E-state index in [1.54, 1.807) is 24.3 Å². The van der Waals surface area contributed by atoms with Crippen molar-refractivity contribution in [2.24, 2.45) is 0 Å². The highest BCUT2D eigenvalue weighted by molar-refractivity contribution is 5.81. The van der Waals surface area contributed by atoms with Gasteiger partial charge in [0, 0.05) is 24.9 Å². The topological polar surface area (TPSA) is 77.1 Å². The molecule has 0 aliphatic heterocycles. The van der Waals surface area contributed by atoms with E-state index in [1.807, 2.05) is 30.3 Å². The largest absolute Gasteiger partial charge is 0.466 e. The van der Waals surface area contributed by atoms with E-state index in [1.165, 1.54) is 13.2 Å². The fourth-order valence-electron chi connectivity index (χ4n) is 2.45. The van der Waals surface area contributed by atoms with Crippen molar-refractivity contribution in [2.75, 3.05) is 25.1 Å². The quantitative estimate of drug-likeness (QED) is 0.569. The maximum Gasteiger partial charge on any atom is 0.330 e. The van der Waals surface area contributed by atoms with Gasteiger partial charge in [0.15, 0.2) is 0 Å². The number of methoxy groups -OCH3 is 1. The van der Waals surface area contributed by atoms with Crippen molar-refractivity contribution in [1.82, 2.24) is 0 Å². The molecule has 0 aliphatic rings. The van der Waals surface area contributed by atoms with Gasteiger partial charge in [-0.05, 0) is 42.3 Å². The van der Waals surface area contributed by atoms with Crippen LogP contribution in [0.3, 0.4) is 0 Å². The lowest BCUT2D eigenvalue weighted by molar-refractivity contribution is -0.134. The van der Waals surface area contributed by atoms with E-state index in [0.29, 0.717) is 24.2 Å². The number of carbonyl (C=O) groups is 1. The predicted molar refractivity (Wildman–Crippen MR) is 99.4 cm³/mol. The first-order valence-electron chi connectivity index (χ1n) is 8.15. The average molecular weight is 345 g/mol. The van der Waals surface area contributed by atoms with Crippen LogP contribution in [-0.4, -0.2) is 26.2 Å². The smallest absolute Gasteiger partial charge is 0.330 e. The first kappa shape index (κ1) is 18.8. The molecule has 2 rings (SSSR count). The maximum absolute atomic E-state index is 11.3. The van der Waals surface area contributed by atoms with Crippen molar-refractivity contribution in [3.8, 4) is 12.1 Å². The van der Waals surface area contributed by atoms with Crippen LogP contribution in [0.4, 0.5) is 5.69 Å². The molecule has 5 heteroatoms. The Balaban J connectivity index is 2.13. The number of esters is 1. The van der Waals surface area contributed by atoms with Crippen molar-refractivity contribution >= 4 is 11.7 Å². The number of nitriles is 2. The molecule has 0 aromatic heterocycles. The van der Waals surface area contributed by atoms with Crippen molar-refractivity contribution < 1.29 is 9.53 Å². The van der Waals surface area contributed by atoms with Crippen LogP contribution in [-0.2, 0) is 16.0 Å². The molecule has 0 saturated heterocycles. The lowest BCUT2D eigenvalue weighted by Gasteiger charge is -2.23. The standard InChI is InChI=1S/C21H19N3O2/c1-26-21(25)6-3-12-24(20-5-2-4-19(14-20)16-23)13-11-17-7-9-18(15-22)10-8-17/h2-10,14H,11-13H2,1H3/b6-3+. The molecule has 0 N–H and O–H groups in total. The highest BCUT2D eigenvalue weighted by Gasteiger charge is 2.07. The Labute approximate surface area is 153 Å². The number of anilines is 1. The summed E-state index contributed by atoms with van der Waals surface area (Å²) in [6.45, 7) is 1.21. The molecule has 0 radical (unpaired) electrons. The van der Waals surface area contributed by atoms with E-state index in [0.717, 1.165) is 17.7 Å². The molecule has 0 aliphatic carbocycles. The van der Waals surface area contributed by atoms with Crippen LogP contribution < -0.4 is 4.90 Å². The molecule has 0 bridgehead atoms. The zero-order valence-electron chi connectivity index (χ0n) is 14.6. The second-order valence-corrected chi connectivity index (χ2v) is 5.59. The van der Waals surface area contributed by atoms with Crippen LogP contribution in [0, 0.1) is 22.7 Å². The highest BCUT2D eigenvalue weighted by Crippen LogP contribution is 2.17. The minimum Gasteiger partial charge on any atom is -0.466 e. The molecule has 0 fully saturated rings. The molecule has 0 atom stereocenters. The summed E-state index contributed by atoms with van der Waals surface area (Å²) in [4.78, 5) is 13.4. The molecule has 2 aromatic rings. The minimum absolute atomic E-state index is 0.400. The molecule has 130 valence electrons. The highest BCUT2D eigenvalue weighted by atomic mass is 16.5. The third-order valence-corrected chi connectivity index (χ3v) is 3.87. The first-order chi connectivity index (χ1) is 12.7. The van der Waals surface area contributed by atoms with Crippen LogP contribution in [0.25, 0.3) is 0 Å². The van der Waals surface area contributed by atoms with Gasteiger partial charge >= 0.3 is 5.97 Å². The molecule has 5 nitrogen and oxygen atoms in total. The number of hydrogen-bond acceptors (Lipinski definition) is 5. The summed E-state index contributed by atoms with van der Waals surface area (Å²) in [5.41, 5.74) is 3.24. The molecular formula is C21H19N3O2. The predicted octanol–water partition coefficient (Wildman–Crippen LogP) is 3.21. The van der Waals surface area contributed by atoms with E-state index in [2.05, 4.69) is 21.8 Å². The minimum atomic E-state index is -0.400. The van der Waals surface area contributed by atoms with E-state index in [-0.39, 0.29) is 0 Å². The Morgan fingerprint density at radius 3 is 2.50 bits per heavy atom. The summed E-state index contributed by atoms with van der Waals surface area (Å²) < 4.78 is 4.61. The lowest BCUT2D eigenvalue weighted by Crippen LogP contribution is -2.26. The molecule has 0 saturated carbocycles. The van der Waals surface area contributed by atoms with E-state index in [4.69, 9.17) is 10.5 Å². The summed E-state index contributed by atoms with van der Waals surface area (Å²) >= 11 is 0. The Bertz CT molecular complexity index is 858. The number of nitrogens with zero attached hydrogens (tertiary/aromatic N) is 3. The normalized spacial score (nSPS) is 10.1. The number of ether oxygens (including phenoxy) is 1. The third-order valence-electron chi connectivity index (χ3n) is 3.87. The summed E-state index contributed by atoms with van der Waals surface area (Å²) in [5.74, 6) is -0.400. The Morgan fingerprint density at radius 1 is 1.12 bits per heavy atom. The fraction of sp³-hybridized carbons (Fsp3) is 0.190. The van der Waals surface area contributed by atoms with Gasteiger partial charge in [-0.25, -0.2) is 4.79 Å². The third kappa shape index (κ3) is 5.51. The lowest BCUT2D eigenvalue weighted by atomic mass is 10.1. The van der Waals surface area contributed by atoms with Crippen LogP contribution >= 0.6 is 0 Å². The first-order valence-corrected chi connectivity index (χ1v) is 8.15. The second kappa shape index (κ2) is 9.66. The SMILES string of the molecule is COC(=O)/C=C/CN(CCc1ccc(C#N)cc1)c1cccc(C#N)c1. The number of rotatable bonds is 7. The van der Waals surface area contributed by atoms with E-state index >= 15 is 0 Å². The molecule has 0 heterocycles. The second-order valence-electron chi connectivity index (χ2n) is 5.59. The van der Waals surface area contributed by atoms with Gasteiger partial charge in [0.2, 0.25) is 0 Å². The van der Waals surface area contributed by atoms with E-state index < -0.39 is 5.97 Å². The summed E-state index contributed by atoms with van der Waals surface area (Å²) in [7, 11) is 1.34. The van der Waals surface area contributed by atoms with E-state index in [9.17, 15) is 4.79 Å². The van der Waals surface area contributed by atoms with Gasteiger partial charge in [0.25, 0.3) is 0 Å². The van der Waals surface area contributed by atoms with Gasteiger partial charge in [0.1, 0.15) is 0 Å². The Hall–Kier alpha value is -3.57. The van der Waals surface area contributed by atoms with Gasteiger partial charge in [-0.1, -0.05) is 24.3 Å². The summed E-state index contributed by atoms with van der Waals surface area (Å²) in [6, 6.07) is 19.1. The van der Waals surface area contributed by atoms with Crippen molar-refractivity contribution in [1.29, 1.82) is 10.5 Å². The molecule has 0 unspecified atom stereocenters. The summed E-state index contributed by atoms with van der Waals surface area (Å²) in [5, 5.41) is 18.0. The average Bonchev–Trinajstić information content (AvgIpc) is 2.70. The van der Waals surface area contributed by atoms with Crippen LogP contribution in [0.15, 0.2) is 60.7 Å². The fourth-order valence-corrected chi connectivity index (χ4v) is 2.45. The molecule has 0 spiro atoms. The zero-order valence-corrected chi connectivity index (χ0v) is 14.6. The van der Waals surface area contributed by atoms with Crippen LogP contribution in [0.2, 0.25) is 0 Å². The van der Waals surface area contributed by atoms with Crippen LogP contribution in [0.1, 0.15) is 16.7 Å². The number of carbonyl (C=O) groups excluding carboxylic acids is 1. The van der Waals surface area contributed by atoms with Crippen LogP contribution in [0.5, 0.6) is 0 Å². The number of benzene rings is 2. The van der Waals surface area contributed by atoms with Crippen molar-refractivity contribution in [3.05, 3.63) is 77.4 Å². The summed E-state index contributed by atoms with van der Waals surface area (Å²) in [6.07, 6.45) is 3.90. The van der Waals surface area contributed by atoms with Gasteiger partial charge in [-0.3, -0.25) is 0 Å². The molecule has 2 aromatic carbocycles. The monoisotopic (exact) mass is 345 g/mol. The molecular weight excluding hydrogens is 326 g/mol. The van der Waals surface area contributed by atoms with Crippen molar-refractivity contribution in [2.45, 2.75) is 6.42 Å². The Kier molecular flexibility index (Phi) is 6.97. The number of hydrogen-bond donors (Lipinski definition) is 0. The maximum atomic E-state index is 11.3. The van der Waals surface area contributed by atoms with Crippen molar-refractivity contribution in [3.63, 3.8) is 0 Å². The van der Waals surface area contributed by atoms with Gasteiger partial charge in [-0.15, -0.1) is 0 Å². The van der Waals surface area contributed by atoms with Gasteiger partial charge in [-0.2, -0.15) is 10.5 Å². The van der Waals surface area contributed by atoms with Gasteiger partial charge < -0.3 is 9.64 Å². The molecule has 0 amide bonds.